The van der Waals surface area contributed by atoms with Gasteiger partial charge < -0.3 is 10.5 Å². The maximum absolute atomic E-state index is 11.5. The van der Waals surface area contributed by atoms with Crippen molar-refractivity contribution in [2.75, 3.05) is 19.8 Å². The Bertz CT molecular complexity index is 596. The summed E-state index contributed by atoms with van der Waals surface area (Å²) < 4.78 is 6.62. The average Bonchev–Trinajstić information content (AvgIpc) is 2.83. The van der Waals surface area contributed by atoms with Crippen molar-refractivity contribution in [1.82, 2.24) is 4.90 Å². The van der Waals surface area contributed by atoms with E-state index in [4.69, 9.17) is 10.5 Å². The fraction of sp³-hybridized carbons (Fsp3) is 0.357. The number of carbonyl (C=O) groups excluding carboxylic acids is 1. The molecule has 100 valence electrons. The SMILES string of the molecule is NC(=O)[C@@H]1COCCN1Cc1csc2ccccc12. The predicted octanol–water partition coefficient (Wildman–Crippen LogP) is 1.59. The number of rotatable bonds is 3. The molecule has 1 aliphatic rings. The van der Waals surface area contributed by atoms with E-state index in [1.807, 2.05) is 12.1 Å². The van der Waals surface area contributed by atoms with Gasteiger partial charge in [-0.15, -0.1) is 11.3 Å². The highest BCUT2D eigenvalue weighted by Crippen LogP contribution is 2.27. The van der Waals surface area contributed by atoms with Crippen molar-refractivity contribution in [3.05, 3.63) is 35.2 Å². The van der Waals surface area contributed by atoms with Gasteiger partial charge in [-0.2, -0.15) is 0 Å². The highest BCUT2D eigenvalue weighted by Gasteiger charge is 2.28. The second kappa shape index (κ2) is 5.28. The van der Waals surface area contributed by atoms with Gasteiger partial charge in [0.2, 0.25) is 5.91 Å². The van der Waals surface area contributed by atoms with Crippen molar-refractivity contribution in [1.29, 1.82) is 0 Å². The first-order chi connectivity index (χ1) is 9.25. The molecule has 1 amide bonds. The maximum atomic E-state index is 11.5. The van der Waals surface area contributed by atoms with E-state index in [0.29, 0.717) is 13.2 Å². The molecule has 2 heterocycles. The second-order valence-electron chi connectivity index (χ2n) is 4.72. The molecule has 0 bridgehead atoms. The third-order valence-electron chi connectivity index (χ3n) is 3.50. The quantitative estimate of drug-likeness (QED) is 0.926. The highest BCUT2D eigenvalue weighted by atomic mass is 32.1. The average molecular weight is 276 g/mol. The highest BCUT2D eigenvalue weighted by molar-refractivity contribution is 7.17. The lowest BCUT2D eigenvalue weighted by atomic mass is 10.1. The Morgan fingerprint density at radius 3 is 3.16 bits per heavy atom. The molecule has 0 spiro atoms. The molecule has 5 heteroatoms. The summed E-state index contributed by atoms with van der Waals surface area (Å²) >= 11 is 1.74. The Labute approximate surface area is 115 Å². The first-order valence-corrected chi connectivity index (χ1v) is 7.20. The lowest BCUT2D eigenvalue weighted by Crippen LogP contribution is -2.51. The van der Waals surface area contributed by atoms with Gasteiger partial charge in [0.05, 0.1) is 13.2 Å². The van der Waals surface area contributed by atoms with Gasteiger partial charge in [0.1, 0.15) is 6.04 Å². The Morgan fingerprint density at radius 1 is 1.47 bits per heavy atom. The van der Waals surface area contributed by atoms with Crippen LogP contribution in [0.2, 0.25) is 0 Å². The monoisotopic (exact) mass is 276 g/mol. The third kappa shape index (κ3) is 2.49. The van der Waals surface area contributed by atoms with Crippen LogP contribution >= 0.6 is 11.3 Å². The van der Waals surface area contributed by atoms with Gasteiger partial charge in [0.15, 0.2) is 0 Å². The van der Waals surface area contributed by atoms with E-state index in [0.717, 1.165) is 13.1 Å². The zero-order chi connectivity index (χ0) is 13.2. The Hall–Kier alpha value is -1.43. The molecule has 1 atom stereocenters. The maximum Gasteiger partial charge on any atom is 0.237 e. The number of nitrogens with two attached hydrogens (primary N) is 1. The number of benzene rings is 1. The Kier molecular flexibility index (Phi) is 3.50. The molecule has 0 saturated carbocycles. The van der Waals surface area contributed by atoms with E-state index in [1.54, 1.807) is 11.3 Å². The Morgan fingerprint density at radius 2 is 2.32 bits per heavy atom. The van der Waals surface area contributed by atoms with Crippen LogP contribution < -0.4 is 5.73 Å². The second-order valence-corrected chi connectivity index (χ2v) is 5.63. The fourth-order valence-electron chi connectivity index (χ4n) is 2.46. The fourth-order valence-corrected chi connectivity index (χ4v) is 3.42. The number of nitrogens with zero attached hydrogens (tertiary/aromatic N) is 1. The number of hydrogen-bond donors (Lipinski definition) is 1. The number of primary amides is 1. The molecule has 2 aromatic rings. The summed E-state index contributed by atoms with van der Waals surface area (Å²) in [5.74, 6) is -0.306. The molecular weight excluding hydrogens is 260 g/mol. The molecule has 3 rings (SSSR count). The number of carbonyl (C=O) groups is 1. The molecule has 1 fully saturated rings. The van der Waals surface area contributed by atoms with E-state index in [1.165, 1.54) is 15.6 Å². The largest absolute Gasteiger partial charge is 0.378 e. The molecule has 2 N–H and O–H groups in total. The van der Waals surface area contributed by atoms with Crippen LogP contribution in [-0.4, -0.2) is 36.6 Å². The third-order valence-corrected chi connectivity index (χ3v) is 4.51. The molecule has 1 aromatic heterocycles. The van der Waals surface area contributed by atoms with Crippen molar-refractivity contribution in [3.63, 3.8) is 0 Å². The summed E-state index contributed by atoms with van der Waals surface area (Å²) in [6.07, 6.45) is 0. The van der Waals surface area contributed by atoms with Gasteiger partial charge in [-0.3, -0.25) is 9.69 Å². The molecule has 0 aliphatic carbocycles. The van der Waals surface area contributed by atoms with Crippen LogP contribution in [0.3, 0.4) is 0 Å². The molecule has 1 saturated heterocycles. The normalized spacial score (nSPS) is 20.7. The van der Waals surface area contributed by atoms with Crippen molar-refractivity contribution in [3.8, 4) is 0 Å². The summed E-state index contributed by atoms with van der Waals surface area (Å²) in [5.41, 5.74) is 6.70. The van der Waals surface area contributed by atoms with Crippen LogP contribution in [0.25, 0.3) is 10.1 Å². The zero-order valence-electron chi connectivity index (χ0n) is 10.5. The molecule has 0 unspecified atom stereocenters. The van der Waals surface area contributed by atoms with Crippen molar-refractivity contribution < 1.29 is 9.53 Å². The van der Waals surface area contributed by atoms with Crippen LogP contribution in [0.5, 0.6) is 0 Å². The standard InChI is InChI=1S/C14H16N2O2S/c15-14(17)12-8-18-6-5-16(12)7-10-9-19-13-4-2-1-3-11(10)13/h1-4,9,12H,5-8H2,(H2,15,17)/t12-/m0/s1. The topological polar surface area (TPSA) is 55.6 Å². The molecule has 19 heavy (non-hydrogen) atoms. The summed E-state index contributed by atoms with van der Waals surface area (Å²) in [4.78, 5) is 13.6. The minimum Gasteiger partial charge on any atom is -0.378 e. The zero-order valence-corrected chi connectivity index (χ0v) is 11.4. The Balaban J connectivity index is 1.85. The van der Waals surface area contributed by atoms with E-state index in [2.05, 4.69) is 22.4 Å². The van der Waals surface area contributed by atoms with Gasteiger partial charge in [0, 0.05) is 17.8 Å². The van der Waals surface area contributed by atoms with Gasteiger partial charge in [-0.05, 0) is 22.4 Å². The van der Waals surface area contributed by atoms with E-state index < -0.39 is 0 Å². The predicted molar refractivity (Wildman–Crippen MR) is 76.0 cm³/mol. The lowest BCUT2D eigenvalue weighted by Gasteiger charge is -2.33. The van der Waals surface area contributed by atoms with E-state index >= 15 is 0 Å². The number of amides is 1. The summed E-state index contributed by atoms with van der Waals surface area (Å²) in [6, 6.07) is 8.02. The minimum absolute atomic E-state index is 0.306. The smallest absolute Gasteiger partial charge is 0.237 e. The number of morpholine rings is 1. The minimum atomic E-state index is -0.313. The first-order valence-electron chi connectivity index (χ1n) is 6.32. The molecule has 4 nitrogen and oxygen atoms in total. The van der Waals surface area contributed by atoms with Gasteiger partial charge in [0.25, 0.3) is 0 Å². The van der Waals surface area contributed by atoms with Crippen LogP contribution in [-0.2, 0) is 16.1 Å². The van der Waals surface area contributed by atoms with Crippen LogP contribution in [0, 0.1) is 0 Å². The summed E-state index contributed by atoms with van der Waals surface area (Å²) in [5, 5.41) is 3.43. The first kappa shape index (κ1) is 12.6. The molecule has 1 aromatic carbocycles. The number of thiophene rings is 1. The van der Waals surface area contributed by atoms with Crippen LogP contribution in [0.15, 0.2) is 29.6 Å². The molecular formula is C14H16N2O2S. The van der Waals surface area contributed by atoms with Gasteiger partial charge >= 0.3 is 0 Å². The van der Waals surface area contributed by atoms with Crippen LogP contribution in [0.4, 0.5) is 0 Å². The summed E-state index contributed by atoms with van der Waals surface area (Å²) in [7, 11) is 0. The van der Waals surface area contributed by atoms with Gasteiger partial charge in [-0.25, -0.2) is 0 Å². The summed E-state index contributed by atoms with van der Waals surface area (Å²) in [6.45, 7) is 2.56. The number of ether oxygens (including phenoxy) is 1. The van der Waals surface area contributed by atoms with E-state index in [9.17, 15) is 4.79 Å². The van der Waals surface area contributed by atoms with E-state index in [-0.39, 0.29) is 11.9 Å². The molecule has 0 radical (unpaired) electrons. The number of hydrogen-bond acceptors (Lipinski definition) is 4. The number of fused-ring (bicyclic) bond motifs is 1. The van der Waals surface area contributed by atoms with Crippen LogP contribution in [0.1, 0.15) is 5.56 Å². The van der Waals surface area contributed by atoms with Crippen molar-refractivity contribution in [2.24, 2.45) is 5.73 Å². The molecule has 1 aliphatic heterocycles. The van der Waals surface area contributed by atoms with Crippen molar-refractivity contribution >= 4 is 27.3 Å². The van der Waals surface area contributed by atoms with Gasteiger partial charge in [-0.1, -0.05) is 18.2 Å². The lowest BCUT2D eigenvalue weighted by molar-refractivity contribution is -0.129. The van der Waals surface area contributed by atoms with Crippen molar-refractivity contribution in [2.45, 2.75) is 12.6 Å².